The quantitative estimate of drug-likeness (QED) is 0.871. The van der Waals surface area contributed by atoms with Crippen LogP contribution in [0.15, 0.2) is 45.5 Å². The number of carbonyl (C=O) groups is 1. The standard InChI is InChI=1S/C14H11BrF3NO2/c1-8(19-13(20)11-6-7-12(15)21-11)9-2-4-10(5-3-9)14(16,17)18/h2-8H,1H3,(H,19,20). The minimum Gasteiger partial charge on any atom is -0.444 e. The van der Waals surface area contributed by atoms with E-state index in [0.717, 1.165) is 12.1 Å². The number of benzene rings is 1. The third-order valence-electron chi connectivity index (χ3n) is 2.88. The largest absolute Gasteiger partial charge is 0.444 e. The van der Waals surface area contributed by atoms with Crippen LogP contribution in [0, 0.1) is 0 Å². The van der Waals surface area contributed by atoms with Crippen molar-refractivity contribution >= 4 is 21.8 Å². The molecule has 0 aliphatic carbocycles. The molecule has 0 fully saturated rings. The lowest BCUT2D eigenvalue weighted by Gasteiger charge is -2.14. The summed E-state index contributed by atoms with van der Waals surface area (Å²) in [4.78, 5) is 11.9. The summed E-state index contributed by atoms with van der Waals surface area (Å²) in [6, 6.07) is 7.29. The molecule has 3 nitrogen and oxygen atoms in total. The molecule has 1 heterocycles. The highest BCUT2D eigenvalue weighted by atomic mass is 79.9. The summed E-state index contributed by atoms with van der Waals surface area (Å²) in [5.74, 6) is -0.311. The number of hydrogen-bond donors (Lipinski definition) is 1. The van der Waals surface area contributed by atoms with Crippen LogP contribution in [-0.2, 0) is 6.18 Å². The molecule has 0 aliphatic heterocycles. The highest BCUT2D eigenvalue weighted by molar-refractivity contribution is 9.10. The first-order valence-corrected chi connectivity index (χ1v) is 6.80. The van der Waals surface area contributed by atoms with E-state index in [2.05, 4.69) is 21.2 Å². The van der Waals surface area contributed by atoms with E-state index in [1.54, 1.807) is 13.0 Å². The molecule has 1 amide bonds. The molecular formula is C14H11BrF3NO2. The topological polar surface area (TPSA) is 42.2 Å². The molecule has 1 unspecified atom stereocenters. The van der Waals surface area contributed by atoms with E-state index in [-0.39, 0.29) is 5.76 Å². The van der Waals surface area contributed by atoms with Gasteiger partial charge in [0.05, 0.1) is 11.6 Å². The monoisotopic (exact) mass is 361 g/mol. The normalized spacial score (nSPS) is 13.0. The molecule has 0 bridgehead atoms. The van der Waals surface area contributed by atoms with E-state index in [1.807, 2.05) is 0 Å². The molecule has 7 heteroatoms. The number of nitrogens with one attached hydrogen (secondary N) is 1. The number of alkyl halides is 3. The summed E-state index contributed by atoms with van der Waals surface area (Å²) in [5, 5.41) is 2.65. The second-order valence-electron chi connectivity index (χ2n) is 4.42. The Morgan fingerprint density at radius 1 is 1.19 bits per heavy atom. The first-order chi connectivity index (χ1) is 9.77. The van der Waals surface area contributed by atoms with Crippen LogP contribution in [0.2, 0.25) is 0 Å². The Morgan fingerprint density at radius 2 is 1.81 bits per heavy atom. The average molecular weight is 362 g/mol. The molecule has 1 aromatic heterocycles. The second kappa shape index (κ2) is 5.93. The van der Waals surface area contributed by atoms with Crippen molar-refractivity contribution in [2.24, 2.45) is 0 Å². The van der Waals surface area contributed by atoms with Crippen LogP contribution in [0.4, 0.5) is 13.2 Å². The molecule has 1 N–H and O–H groups in total. The average Bonchev–Trinajstić information content (AvgIpc) is 2.84. The van der Waals surface area contributed by atoms with Crippen molar-refractivity contribution in [3.8, 4) is 0 Å². The predicted octanol–water partition coefficient (Wildman–Crippen LogP) is 4.55. The third kappa shape index (κ3) is 3.87. The Hall–Kier alpha value is -1.76. The number of furan rings is 1. The summed E-state index contributed by atoms with van der Waals surface area (Å²) in [6.07, 6.45) is -4.37. The van der Waals surface area contributed by atoms with Crippen molar-refractivity contribution < 1.29 is 22.4 Å². The van der Waals surface area contributed by atoms with Gasteiger partial charge in [-0.2, -0.15) is 13.2 Å². The highest BCUT2D eigenvalue weighted by Crippen LogP contribution is 2.29. The molecule has 0 saturated heterocycles. The third-order valence-corrected chi connectivity index (χ3v) is 3.31. The summed E-state index contributed by atoms with van der Waals surface area (Å²) in [6.45, 7) is 1.68. The first kappa shape index (κ1) is 15.6. The Bertz CT molecular complexity index is 634. The van der Waals surface area contributed by atoms with Crippen LogP contribution < -0.4 is 5.32 Å². The maximum absolute atomic E-state index is 12.5. The SMILES string of the molecule is CC(NC(=O)c1ccc(Br)o1)c1ccc(C(F)(F)F)cc1. The first-order valence-electron chi connectivity index (χ1n) is 6.01. The number of halogens is 4. The predicted molar refractivity (Wildman–Crippen MR) is 73.7 cm³/mol. The van der Waals surface area contributed by atoms with Gasteiger partial charge in [-0.1, -0.05) is 12.1 Å². The van der Waals surface area contributed by atoms with Crippen molar-refractivity contribution in [1.82, 2.24) is 5.32 Å². The van der Waals surface area contributed by atoms with Gasteiger partial charge in [0.2, 0.25) is 0 Å². The smallest absolute Gasteiger partial charge is 0.416 e. The summed E-state index contributed by atoms with van der Waals surface area (Å²) < 4.78 is 42.9. The van der Waals surface area contributed by atoms with E-state index >= 15 is 0 Å². The maximum atomic E-state index is 12.5. The molecule has 21 heavy (non-hydrogen) atoms. The van der Waals surface area contributed by atoms with E-state index in [0.29, 0.717) is 10.2 Å². The van der Waals surface area contributed by atoms with Gasteiger partial charge < -0.3 is 9.73 Å². The Labute approximate surface area is 127 Å². The van der Waals surface area contributed by atoms with Crippen molar-refractivity contribution in [1.29, 1.82) is 0 Å². The van der Waals surface area contributed by atoms with Crippen LogP contribution in [-0.4, -0.2) is 5.91 Å². The summed E-state index contributed by atoms with van der Waals surface area (Å²) in [7, 11) is 0. The number of hydrogen-bond acceptors (Lipinski definition) is 2. The van der Waals surface area contributed by atoms with Gasteiger partial charge in [-0.25, -0.2) is 0 Å². The lowest BCUT2D eigenvalue weighted by atomic mass is 10.1. The lowest BCUT2D eigenvalue weighted by Crippen LogP contribution is -2.26. The molecule has 2 rings (SSSR count). The summed E-state index contributed by atoms with van der Waals surface area (Å²) >= 11 is 3.08. The van der Waals surface area contributed by atoms with Gasteiger partial charge in [0, 0.05) is 0 Å². The van der Waals surface area contributed by atoms with Crippen molar-refractivity contribution in [3.05, 3.63) is 58.0 Å². The van der Waals surface area contributed by atoms with Crippen molar-refractivity contribution in [2.75, 3.05) is 0 Å². The Balaban J connectivity index is 2.06. The van der Waals surface area contributed by atoms with Crippen LogP contribution >= 0.6 is 15.9 Å². The number of rotatable bonds is 3. The van der Waals surface area contributed by atoms with E-state index in [9.17, 15) is 18.0 Å². The zero-order valence-corrected chi connectivity index (χ0v) is 12.5. The van der Waals surface area contributed by atoms with Gasteiger partial charge in [-0.05, 0) is 52.7 Å². The van der Waals surface area contributed by atoms with E-state index in [1.165, 1.54) is 18.2 Å². The van der Waals surface area contributed by atoms with Gasteiger partial charge in [0.1, 0.15) is 0 Å². The van der Waals surface area contributed by atoms with E-state index < -0.39 is 23.7 Å². The molecule has 0 aliphatic rings. The molecule has 0 spiro atoms. The zero-order valence-electron chi connectivity index (χ0n) is 10.9. The molecule has 1 aromatic carbocycles. The minimum absolute atomic E-state index is 0.126. The minimum atomic E-state index is -4.37. The fourth-order valence-corrected chi connectivity index (χ4v) is 2.05. The molecular weight excluding hydrogens is 351 g/mol. The van der Waals surface area contributed by atoms with Gasteiger partial charge in [0.25, 0.3) is 5.91 Å². The molecule has 1 atom stereocenters. The van der Waals surface area contributed by atoms with Crippen molar-refractivity contribution in [2.45, 2.75) is 19.1 Å². The summed E-state index contributed by atoms with van der Waals surface area (Å²) in [5.41, 5.74) is -0.151. The molecule has 112 valence electrons. The zero-order chi connectivity index (χ0) is 15.6. The van der Waals surface area contributed by atoms with Crippen LogP contribution in [0.5, 0.6) is 0 Å². The Kier molecular flexibility index (Phi) is 4.41. The van der Waals surface area contributed by atoms with Crippen LogP contribution in [0.1, 0.15) is 34.6 Å². The van der Waals surface area contributed by atoms with Gasteiger partial charge in [-0.15, -0.1) is 0 Å². The number of amides is 1. The van der Waals surface area contributed by atoms with Crippen molar-refractivity contribution in [3.63, 3.8) is 0 Å². The molecule has 0 radical (unpaired) electrons. The maximum Gasteiger partial charge on any atom is 0.416 e. The van der Waals surface area contributed by atoms with Gasteiger partial charge in [-0.3, -0.25) is 4.79 Å². The lowest BCUT2D eigenvalue weighted by molar-refractivity contribution is -0.137. The van der Waals surface area contributed by atoms with Crippen LogP contribution in [0.3, 0.4) is 0 Å². The fraction of sp³-hybridized carbons (Fsp3) is 0.214. The highest BCUT2D eigenvalue weighted by Gasteiger charge is 2.30. The molecule has 0 saturated carbocycles. The molecule has 2 aromatic rings. The Morgan fingerprint density at radius 3 is 2.29 bits per heavy atom. The number of carbonyl (C=O) groups excluding carboxylic acids is 1. The fourth-order valence-electron chi connectivity index (χ4n) is 1.75. The van der Waals surface area contributed by atoms with E-state index in [4.69, 9.17) is 4.42 Å². The van der Waals surface area contributed by atoms with Crippen LogP contribution in [0.25, 0.3) is 0 Å². The second-order valence-corrected chi connectivity index (χ2v) is 5.20. The van der Waals surface area contributed by atoms with Gasteiger partial charge in [0.15, 0.2) is 10.4 Å². The van der Waals surface area contributed by atoms with Gasteiger partial charge >= 0.3 is 6.18 Å².